The zero-order chi connectivity index (χ0) is 21.2. The summed E-state index contributed by atoms with van der Waals surface area (Å²) < 4.78 is 43.2. The number of carbonyl (C=O) groups is 1. The van der Waals surface area contributed by atoms with Crippen molar-refractivity contribution in [1.82, 2.24) is 25.1 Å². The number of hydrogen-bond donors (Lipinski definition) is 2. The second-order valence-corrected chi connectivity index (χ2v) is 6.80. The van der Waals surface area contributed by atoms with Crippen molar-refractivity contribution in [2.45, 2.75) is 20.0 Å². The van der Waals surface area contributed by atoms with Gasteiger partial charge in [-0.05, 0) is 32.0 Å². The van der Waals surface area contributed by atoms with E-state index in [0.29, 0.717) is 16.8 Å². The molecular formula is C18H16F3N5O3. The van der Waals surface area contributed by atoms with Gasteiger partial charge < -0.3 is 9.84 Å². The second-order valence-electron chi connectivity index (χ2n) is 6.80. The number of ether oxygens (including phenoxy) is 1. The molecule has 0 aliphatic rings. The van der Waals surface area contributed by atoms with Crippen LogP contribution in [0.25, 0.3) is 22.6 Å². The summed E-state index contributed by atoms with van der Waals surface area (Å²) in [6.07, 6.45) is -1.76. The lowest BCUT2D eigenvalue weighted by atomic mass is 9.95. The smallest absolute Gasteiger partial charge is 0.453 e. The Labute approximate surface area is 162 Å². The summed E-state index contributed by atoms with van der Waals surface area (Å²) in [6, 6.07) is 6.43. The molecule has 8 nitrogen and oxygen atoms in total. The molecule has 0 aliphatic heterocycles. The van der Waals surface area contributed by atoms with E-state index in [0.717, 1.165) is 0 Å². The number of pyridine rings is 2. The molecule has 152 valence electrons. The first-order valence-corrected chi connectivity index (χ1v) is 8.35. The Morgan fingerprint density at radius 1 is 1.10 bits per heavy atom. The molecule has 0 aromatic carbocycles. The topological polar surface area (TPSA) is 114 Å². The van der Waals surface area contributed by atoms with Crippen LogP contribution in [0, 0.1) is 5.41 Å². The number of nitrogens with one attached hydrogen (secondary N) is 1. The Morgan fingerprint density at radius 2 is 1.79 bits per heavy atom. The maximum absolute atomic E-state index is 12.6. The number of rotatable bonds is 6. The van der Waals surface area contributed by atoms with E-state index < -0.39 is 23.4 Å². The molecule has 11 heteroatoms. The van der Waals surface area contributed by atoms with Crippen LogP contribution in [-0.2, 0) is 11.0 Å². The highest BCUT2D eigenvalue weighted by atomic mass is 19.4. The van der Waals surface area contributed by atoms with Crippen molar-refractivity contribution in [3.63, 3.8) is 0 Å². The molecule has 3 aromatic heterocycles. The van der Waals surface area contributed by atoms with Gasteiger partial charge in [-0.2, -0.15) is 13.2 Å². The Kier molecular flexibility index (Phi) is 5.23. The maximum atomic E-state index is 12.6. The number of aromatic amines is 1. The molecular weight excluding hydrogens is 391 g/mol. The number of hydrogen-bond acceptors (Lipinski definition) is 6. The summed E-state index contributed by atoms with van der Waals surface area (Å²) in [5.41, 5.74) is 0.481. The lowest BCUT2D eigenvalue weighted by molar-refractivity contribution is -0.148. The Bertz CT molecular complexity index is 999. The van der Waals surface area contributed by atoms with E-state index in [-0.39, 0.29) is 18.3 Å². The molecule has 0 atom stereocenters. The molecule has 0 fully saturated rings. The van der Waals surface area contributed by atoms with Crippen LogP contribution in [-0.4, -0.2) is 42.8 Å². The summed E-state index contributed by atoms with van der Waals surface area (Å²) in [4.78, 5) is 22.8. The minimum Gasteiger partial charge on any atom is -0.481 e. The van der Waals surface area contributed by atoms with Gasteiger partial charge in [-0.25, -0.2) is 9.97 Å². The Balaban J connectivity index is 1.70. The van der Waals surface area contributed by atoms with Crippen molar-refractivity contribution >= 4 is 5.97 Å². The van der Waals surface area contributed by atoms with Crippen LogP contribution in [0.2, 0.25) is 0 Å². The van der Waals surface area contributed by atoms with Crippen LogP contribution in [0.15, 0.2) is 36.7 Å². The number of halogens is 3. The third kappa shape index (κ3) is 4.68. The highest BCUT2D eigenvalue weighted by Crippen LogP contribution is 2.28. The van der Waals surface area contributed by atoms with E-state index in [1.165, 1.54) is 12.4 Å². The molecule has 3 heterocycles. The van der Waals surface area contributed by atoms with Gasteiger partial charge in [0.25, 0.3) is 5.82 Å². The molecule has 29 heavy (non-hydrogen) atoms. The van der Waals surface area contributed by atoms with Gasteiger partial charge >= 0.3 is 12.1 Å². The van der Waals surface area contributed by atoms with Gasteiger partial charge in [-0.1, -0.05) is 0 Å². The first-order valence-electron chi connectivity index (χ1n) is 8.35. The Morgan fingerprint density at radius 3 is 2.31 bits per heavy atom. The predicted molar refractivity (Wildman–Crippen MR) is 94.8 cm³/mol. The van der Waals surface area contributed by atoms with Crippen molar-refractivity contribution in [2.75, 3.05) is 6.61 Å². The average Bonchev–Trinajstić information content (AvgIpc) is 3.18. The molecule has 3 rings (SSSR count). The van der Waals surface area contributed by atoms with E-state index in [9.17, 15) is 18.0 Å². The fourth-order valence-electron chi connectivity index (χ4n) is 2.16. The Hall–Kier alpha value is -3.50. The number of carboxylic acids is 1. The number of carboxylic acid groups (broad SMARTS) is 1. The van der Waals surface area contributed by atoms with Crippen molar-refractivity contribution < 1.29 is 27.8 Å². The second kappa shape index (κ2) is 7.49. The minimum atomic E-state index is -4.63. The highest BCUT2D eigenvalue weighted by Gasteiger charge is 2.36. The largest absolute Gasteiger partial charge is 0.481 e. The molecule has 2 N–H and O–H groups in total. The van der Waals surface area contributed by atoms with Gasteiger partial charge in [-0.15, -0.1) is 5.10 Å². The number of H-pyrrole nitrogens is 1. The predicted octanol–water partition coefficient (Wildman–Crippen LogP) is 3.44. The van der Waals surface area contributed by atoms with Crippen molar-refractivity contribution in [2.24, 2.45) is 5.41 Å². The van der Waals surface area contributed by atoms with Gasteiger partial charge in [0.2, 0.25) is 5.88 Å². The van der Waals surface area contributed by atoms with Crippen molar-refractivity contribution in [3.05, 3.63) is 42.5 Å². The third-order valence-corrected chi connectivity index (χ3v) is 3.97. The summed E-state index contributed by atoms with van der Waals surface area (Å²) >= 11 is 0. The van der Waals surface area contributed by atoms with E-state index in [4.69, 9.17) is 9.84 Å². The molecule has 0 aliphatic carbocycles. The number of alkyl halides is 3. The molecule has 0 radical (unpaired) electrons. The highest BCUT2D eigenvalue weighted by molar-refractivity contribution is 5.73. The maximum Gasteiger partial charge on any atom is 0.453 e. The normalized spacial score (nSPS) is 12.0. The van der Waals surface area contributed by atoms with Gasteiger partial charge in [0.05, 0.1) is 11.1 Å². The fraction of sp³-hybridized carbons (Fsp3) is 0.278. The monoisotopic (exact) mass is 407 g/mol. The summed E-state index contributed by atoms with van der Waals surface area (Å²) in [6.45, 7) is 3.04. The number of nitrogens with zero attached hydrogens (tertiary/aromatic N) is 4. The molecule has 0 bridgehead atoms. The molecule has 0 saturated heterocycles. The summed E-state index contributed by atoms with van der Waals surface area (Å²) in [5.74, 6) is -2.00. The lowest BCUT2D eigenvalue weighted by Gasteiger charge is -2.18. The first-order chi connectivity index (χ1) is 13.6. The van der Waals surface area contributed by atoms with Crippen molar-refractivity contribution in [3.8, 4) is 28.5 Å². The van der Waals surface area contributed by atoms with Gasteiger partial charge in [-0.3, -0.25) is 14.9 Å². The number of aliphatic carboxylic acids is 1. The fourth-order valence-corrected chi connectivity index (χ4v) is 2.16. The third-order valence-electron chi connectivity index (χ3n) is 3.97. The SMILES string of the molecule is CC(C)(COc1ccc(-c2ccc(-c3nc(C(F)(F)F)n[nH]3)cn2)cn1)C(=O)O. The van der Waals surface area contributed by atoms with E-state index in [1.54, 1.807) is 38.1 Å². The van der Waals surface area contributed by atoms with Gasteiger partial charge in [0.1, 0.15) is 6.61 Å². The molecule has 0 unspecified atom stereocenters. The van der Waals surface area contributed by atoms with Crippen LogP contribution in [0.5, 0.6) is 5.88 Å². The molecule has 3 aromatic rings. The standard InChI is InChI=1S/C18H16F3N5O3/c1-17(2,16(27)28)9-29-13-6-4-10(7-23-13)12-5-3-11(8-22-12)14-24-15(26-25-14)18(19,20)21/h3-8H,9H2,1-2H3,(H,27,28)(H,24,25,26). The number of aromatic nitrogens is 5. The van der Waals surface area contributed by atoms with E-state index in [1.807, 2.05) is 0 Å². The molecule has 0 amide bonds. The minimum absolute atomic E-state index is 0.0423. The van der Waals surface area contributed by atoms with E-state index >= 15 is 0 Å². The van der Waals surface area contributed by atoms with E-state index in [2.05, 4.69) is 25.1 Å². The van der Waals surface area contributed by atoms with Crippen LogP contribution >= 0.6 is 0 Å². The molecule has 0 saturated carbocycles. The summed E-state index contributed by atoms with van der Waals surface area (Å²) in [7, 11) is 0. The van der Waals surface area contributed by atoms with Gasteiger partial charge in [0, 0.05) is 29.6 Å². The zero-order valence-corrected chi connectivity index (χ0v) is 15.4. The van der Waals surface area contributed by atoms with Crippen LogP contribution in [0.1, 0.15) is 19.7 Å². The summed E-state index contributed by atoms with van der Waals surface area (Å²) in [5, 5.41) is 14.5. The zero-order valence-electron chi connectivity index (χ0n) is 15.4. The van der Waals surface area contributed by atoms with Crippen LogP contribution in [0.4, 0.5) is 13.2 Å². The van der Waals surface area contributed by atoms with Crippen LogP contribution in [0.3, 0.4) is 0 Å². The van der Waals surface area contributed by atoms with Crippen LogP contribution < -0.4 is 4.74 Å². The first kappa shape index (κ1) is 20.2. The molecule has 0 spiro atoms. The quantitative estimate of drug-likeness (QED) is 0.643. The van der Waals surface area contributed by atoms with Crippen molar-refractivity contribution in [1.29, 1.82) is 0 Å². The van der Waals surface area contributed by atoms with Gasteiger partial charge in [0.15, 0.2) is 5.82 Å². The average molecular weight is 407 g/mol. The lowest BCUT2D eigenvalue weighted by Crippen LogP contribution is -2.30.